The lowest BCUT2D eigenvalue weighted by Crippen LogP contribution is -2.13. The van der Waals surface area contributed by atoms with E-state index in [1.807, 2.05) is 0 Å². The van der Waals surface area contributed by atoms with Gasteiger partial charge in [0.05, 0.1) is 17.9 Å². The molecule has 130 valence electrons. The van der Waals surface area contributed by atoms with E-state index in [9.17, 15) is 8.42 Å². The number of nitrogens with zero attached hydrogens (tertiary/aromatic N) is 4. The molecule has 0 spiro atoms. The van der Waals surface area contributed by atoms with E-state index in [-0.39, 0.29) is 4.90 Å². The van der Waals surface area contributed by atoms with Crippen LogP contribution in [0.2, 0.25) is 0 Å². The Bertz CT molecular complexity index is 1150. The van der Waals surface area contributed by atoms with Gasteiger partial charge in [-0.15, -0.1) is 0 Å². The number of aromatic nitrogens is 4. The lowest BCUT2D eigenvalue weighted by Gasteiger charge is -2.09. The number of fused-ring (bicyclic) bond motifs is 1. The second kappa shape index (κ2) is 6.65. The zero-order valence-corrected chi connectivity index (χ0v) is 14.7. The van der Waals surface area contributed by atoms with Crippen molar-refractivity contribution in [2.75, 3.05) is 4.72 Å². The molecule has 0 saturated heterocycles. The van der Waals surface area contributed by atoms with Crippen LogP contribution >= 0.6 is 11.7 Å². The van der Waals surface area contributed by atoms with Crippen LogP contribution in [0.4, 0.5) is 5.69 Å². The average molecular weight is 385 g/mol. The van der Waals surface area contributed by atoms with Gasteiger partial charge >= 0.3 is 0 Å². The molecule has 0 bridgehead atoms. The topological polar surface area (TPSA) is 107 Å². The quantitative estimate of drug-likeness (QED) is 0.562. The van der Waals surface area contributed by atoms with Crippen molar-refractivity contribution in [1.29, 1.82) is 0 Å². The van der Waals surface area contributed by atoms with Crippen LogP contribution in [-0.4, -0.2) is 27.1 Å². The molecule has 0 unspecified atom stereocenters. The number of hydrogen-bond donors (Lipinski definition) is 1. The Balaban J connectivity index is 1.56. The number of nitrogens with one attached hydrogen (secondary N) is 1. The van der Waals surface area contributed by atoms with Gasteiger partial charge in [-0.25, -0.2) is 13.4 Å². The molecule has 2 aromatic carbocycles. The number of ether oxygens (including phenoxy) is 1. The number of benzene rings is 2. The highest BCUT2D eigenvalue weighted by molar-refractivity contribution is 7.93. The maximum atomic E-state index is 12.7. The molecule has 4 aromatic rings. The molecular formula is C16H11N5O3S2. The molecule has 0 radical (unpaired) electrons. The molecule has 0 amide bonds. The Morgan fingerprint density at radius 2 is 1.85 bits per heavy atom. The van der Waals surface area contributed by atoms with Gasteiger partial charge in [0, 0.05) is 18.1 Å². The van der Waals surface area contributed by atoms with Crippen molar-refractivity contribution < 1.29 is 13.2 Å². The van der Waals surface area contributed by atoms with Gasteiger partial charge in [0.1, 0.15) is 21.7 Å². The second-order valence-electron chi connectivity index (χ2n) is 5.16. The highest BCUT2D eigenvalue weighted by atomic mass is 32.2. The van der Waals surface area contributed by atoms with Crippen molar-refractivity contribution >= 4 is 38.5 Å². The van der Waals surface area contributed by atoms with Gasteiger partial charge in [-0.3, -0.25) is 9.71 Å². The summed E-state index contributed by atoms with van der Waals surface area (Å²) in [5, 5.41) is 0. The van der Waals surface area contributed by atoms with E-state index >= 15 is 0 Å². The minimum Gasteiger partial charge on any atom is -0.438 e. The van der Waals surface area contributed by atoms with Crippen molar-refractivity contribution in [2.45, 2.75) is 4.90 Å². The van der Waals surface area contributed by atoms with Gasteiger partial charge in [-0.2, -0.15) is 8.75 Å². The first-order chi connectivity index (χ1) is 12.6. The summed E-state index contributed by atoms with van der Waals surface area (Å²) >= 11 is 0.973. The van der Waals surface area contributed by atoms with E-state index < -0.39 is 10.0 Å². The van der Waals surface area contributed by atoms with Crippen LogP contribution in [0.3, 0.4) is 0 Å². The summed E-state index contributed by atoms with van der Waals surface area (Å²) in [5.74, 6) is 0.864. The lowest BCUT2D eigenvalue weighted by molar-refractivity contribution is 0.460. The minimum absolute atomic E-state index is 0.0867. The number of hydrogen-bond acceptors (Lipinski definition) is 8. The Labute approximate surface area is 152 Å². The molecule has 0 fully saturated rings. The first-order valence-electron chi connectivity index (χ1n) is 7.40. The van der Waals surface area contributed by atoms with E-state index in [0.29, 0.717) is 28.4 Å². The van der Waals surface area contributed by atoms with E-state index in [1.54, 1.807) is 42.6 Å². The molecular weight excluding hydrogens is 374 g/mol. The SMILES string of the molecule is O=S(=O)(Nc1ccc(Oc2cnccn2)cc1)c1cccc2nsnc12. The second-order valence-corrected chi connectivity index (χ2v) is 7.34. The number of rotatable bonds is 5. The summed E-state index contributed by atoms with van der Waals surface area (Å²) in [5.41, 5.74) is 1.30. The third kappa shape index (κ3) is 3.32. The van der Waals surface area contributed by atoms with Gasteiger partial charge in [0.15, 0.2) is 0 Å². The summed E-state index contributed by atoms with van der Waals surface area (Å²) in [6.07, 6.45) is 4.55. The van der Waals surface area contributed by atoms with Crippen molar-refractivity contribution in [1.82, 2.24) is 18.7 Å². The van der Waals surface area contributed by atoms with Gasteiger partial charge in [0.25, 0.3) is 10.0 Å². The lowest BCUT2D eigenvalue weighted by atomic mass is 10.3. The minimum atomic E-state index is -3.79. The first-order valence-corrected chi connectivity index (χ1v) is 9.61. The Morgan fingerprint density at radius 1 is 1.00 bits per heavy atom. The van der Waals surface area contributed by atoms with Crippen LogP contribution in [0.25, 0.3) is 11.0 Å². The smallest absolute Gasteiger partial charge is 0.264 e. The monoisotopic (exact) mass is 385 g/mol. The van der Waals surface area contributed by atoms with Crippen LogP contribution in [0.1, 0.15) is 0 Å². The van der Waals surface area contributed by atoms with Crippen molar-refractivity contribution in [3.05, 3.63) is 61.1 Å². The van der Waals surface area contributed by atoms with Gasteiger partial charge in [-0.1, -0.05) is 6.07 Å². The average Bonchev–Trinajstić information content (AvgIpc) is 3.12. The fourth-order valence-electron chi connectivity index (χ4n) is 2.26. The highest BCUT2D eigenvalue weighted by Gasteiger charge is 2.19. The molecule has 0 aliphatic carbocycles. The molecule has 26 heavy (non-hydrogen) atoms. The maximum absolute atomic E-state index is 12.7. The predicted octanol–water partition coefficient (Wildman–Crippen LogP) is 3.07. The standard InChI is InChI=1S/C16H11N5O3S2/c22-26(23,14-3-1-2-13-16(14)20-25-19-13)21-11-4-6-12(7-5-11)24-15-10-17-8-9-18-15/h1-10,21H. The zero-order valence-electron chi connectivity index (χ0n) is 13.1. The van der Waals surface area contributed by atoms with Crippen LogP contribution in [0.5, 0.6) is 11.6 Å². The normalized spacial score (nSPS) is 11.4. The predicted molar refractivity (Wildman–Crippen MR) is 96.8 cm³/mol. The third-order valence-corrected chi connectivity index (χ3v) is 5.36. The molecule has 0 atom stereocenters. The third-order valence-electron chi connectivity index (χ3n) is 3.41. The largest absolute Gasteiger partial charge is 0.438 e. The first kappa shape index (κ1) is 16.4. The Hall–Kier alpha value is -3.11. The maximum Gasteiger partial charge on any atom is 0.264 e. The van der Waals surface area contributed by atoms with Crippen LogP contribution in [0.15, 0.2) is 66.0 Å². The van der Waals surface area contributed by atoms with Crippen molar-refractivity contribution in [3.8, 4) is 11.6 Å². The zero-order chi connectivity index (χ0) is 18.0. The van der Waals surface area contributed by atoms with E-state index in [0.717, 1.165) is 11.7 Å². The summed E-state index contributed by atoms with van der Waals surface area (Å²) in [7, 11) is -3.79. The van der Waals surface area contributed by atoms with Gasteiger partial charge in [0.2, 0.25) is 5.88 Å². The molecule has 2 heterocycles. The highest BCUT2D eigenvalue weighted by Crippen LogP contribution is 2.25. The Kier molecular flexibility index (Phi) is 4.19. The van der Waals surface area contributed by atoms with Crippen LogP contribution in [-0.2, 0) is 10.0 Å². The summed E-state index contributed by atoms with van der Waals surface area (Å²) < 4.78 is 41.5. The van der Waals surface area contributed by atoms with E-state index in [2.05, 4.69) is 23.4 Å². The van der Waals surface area contributed by atoms with Gasteiger partial charge < -0.3 is 4.74 Å². The molecule has 0 saturated carbocycles. The van der Waals surface area contributed by atoms with Gasteiger partial charge in [-0.05, 0) is 36.4 Å². The fraction of sp³-hybridized carbons (Fsp3) is 0. The molecule has 2 aromatic heterocycles. The van der Waals surface area contributed by atoms with Crippen LogP contribution < -0.4 is 9.46 Å². The molecule has 4 rings (SSSR count). The fourth-order valence-corrected chi connectivity index (χ4v) is 4.08. The summed E-state index contributed by atoms with van der Waals surface area (Å²) in [6.45, 7) is 0. The molecule has 8 nitrogen and oxygen atoms in total. The summed E-state index contributed by atoms with van der Waals surface area (Å²) in [4.78, 5) is 8.01. The van der Waals surface area contributed by atoms with Crippen molar-refractivity contribution in [2.24, 2.45) is 0 Å². The molecule has 0 aliphatic heterocycles. The van der Waals surface area contributed by atoms with E-state index in [4.69, 9.17) is 4.74 Å². The Morgan fingerprint density at radius 3 is 2.62 bits per heavy atom. The number of sulfonamides is 1. The molecule has 1 N–H and O–H groups in total. The summed E-state index contributed by atoms with van der Waals surface area (Å²) in [6, 6.07) is 11.3. The van der Waals surface area contributed by atoms with Crippen LogP contribution in [0, 0.1) is 0 Å². The van der Waals surface area contributed by atoms with Crippen molar-refractivity contribution in [3.63, 3.8) is 0 Å². The molecule has 10 heteroatoms. The molecule has 0 aliphatic rings. The van der Waals surface area contributed by atoms with E-state index in [1.165, 1.54) is 18.5 Å². The number of anilines is 1.